The minimum absolute atomic E-state index is 0.203. The topological polar surface area (TPSA) is 25.2 Å². The van der Waals surface area contributed by atoms with Gasteiger partial charge in [0.25, 0.3) is 0 Å². The summed E-state index contributed by atoms with van der Waals surface area (Å²) in [5.41, 5.74) is 0.632. The smallest absolute Gasteiger partial charge is 0.128 e. The monoisotopic (exact) mass is 261 g/mol. The molecule has 1 atom stereocenters. The van der Waals surface area contributed by atoms with E-state index in [1.165, 1.54) is 6.07 Å². The predicted octanol–water partition coefficient (Wildman–Crippen LogP) is 4.07. The third-order valence-electron chi connectivity index (χ3n) is 3.13. The Morgan fingerprint density at radius 2 is 1.95 bits per heavy atom. The van der Waals surface area contributed by atoms with Crippen LogP contribution in [0.15, 0.2) is 40.8 Å². The van der Waals surface area contributed by atoms with E-state index in [1.807, 2.05) is 25.1 Å². The first-order chi connectivity index (χ1) is 9.26. The number of halogens is 1. The van der Waals surface area contributed by atoms with Crippen LogP contribution in [-0.4, -0.2) is 6.54 Å². The fraction of sp³-hybridized carbons (Fsp3) is 0.375. The molecule has 0 saturated heterocycles. The van der Waals surface area contributed by atoms with Gasteiger partial charge in [0.05, 0.1) is 6.04 Å². The van der Waals surface area contributed by atoms with Gasteiger partial charge in [-0.2, -0.15) is 0 Å². The summed E-state index contributed by atoms with van der Waals surface area (Å²) in [6.07, 6.45) is 1.84. The summed E-state index contributed by atoms with van der Waals surface area (Å²) in [6.45, 7) is 4.95. The summed E-state index contributed by atoms with van der Waals surface area (Å²) in [7, 11) is 0. The SMILES string of the molecule is CCCNC(c1ccc(CC)o1)c1ccccc1F. The minimum Gasteiger partial charge on any atom is -0.464 e. The average Bonchev–Trinajstić information content (AvgIpc) is 2.90. The van der Waals surface area contributed by atoms with Crippen molar-refractivity contribution in [3.8, 4) is 0 Å². The van der Waals surface area contributed by atoms with E-state index in [9.17, 15) is 4.39 Å². The van der Waals surface area contributed by atoms with Crippen molar-refractivity contribution in [3.05, 3.63) is 59.3 Å². The highest BCUT2D eigenvalue weighted by Gasteiger charge is 2.20. The van der Waals surface area contributed by atoms with Crippen LogP contribution in [0.25, 0.3) is 0 Å². The number of nitrogens with one attached hydrogen (secondary N) is 1. The summed E-state index contributed by atoms with van der Waals surface area (Å²) >= 11 is 0. The third-order valence-corrected chi connectivity index (χ3v) is 3.13. The van der Waals surface area contributed by atoms with Crippen molar-refractivity contribution in [3.63, 3.8) is 0 Å². The molecule has 0 spiro atoms. The molecule has 0 amide bonds. The summed E-state index contributed by atoms with van der Waals surface area (Å²) in [5, 5.41) is 3.35. The largest absolute Gasteiger partial charge is 0.464 e. The lowest BCUT2D eigenvalue weighted by Crippen LogP contribution is -2.23. The van der Waals surface area contributed by atoms with Gasteiger partial charge in [0.1, 0.15) is 17.3 Å². The summed E-state index contributed by atoms with van der Waals surface area (Å²) < 4.78 is 19.7. The van der Waals surface area contributed by atoms with Crippen LogP contribution in [0, 0.1) is 5.82 Å². The highest BCUT2D eigenvalue weighted by atomic mass is 19.1. The molecule has 0 aliphatic carbocycles. The number of hydrogen-bond acceptors (Lipinski definition) is 2. The molecule has 2 aromatic rings. The second-order valence-corrected chi connectivity index (χ2v) is 4.57. The zero-order valence-corrected chi connectivity index (χ0v) is 11.4. The molecule has 0 radical (unpaired) electrons. The lowest BCUT2D eigenvalue weighted by atomic mass is 10.0. The molecule has 1 N–H and O–H groups in total. The number of benzene rings is 1. The maximum absolute atomic E-state index is 14.0. The van der Waals surface area contributed by atoms with Crippen molar-refractivity contribution in [2.45, 2.75) is 32.7 Å². The van der Waals surface area contributed by atoms with E-state index < -0.39 is 0 Å². The van der Waals surface area contributed by atoms with Crippen molar-refractivity contribution < 1.29 is 8.81 Å². The van der Waals surface area contributed by atoms with Crippen LogP contribution in [0.3, 0.4) is 0 Å². The molecular weight excluding hydrogens is 241 g/mol. The first-order valence-corrected chi connectivity index (χ1v) is 6.82. The van der Waals surface area contributed by atoms with Crippen molar-refractivity contribution in [1.29, 1.82) is 0 Å². The van der Waals surface area contributed by atoms with E-state index in [2.05, 4.69) is 12.2 Å². The Morgan fingerprint density at radius 3 is 2.58 bits per heavy atom. The Hall–Kier alpha value is -1.61. The molecule has 0 aliphatic heterocycles. The standard InChI is InChI=1S/C16H20FNO/c1-3-11-18-16(13-7-5-6-8-14(13)17)15-10-9-12(4-2)19-15/h5-10,16,18H,3-4,11H2,1-2H3. The van der Waals surface area contributed by atoms with Crippen LogP contribution in [0.1, 0.15) is 43.4 Å². The van der Waals surface area contributed by atoms with Gasteiger partial charge in [0.15, 0.2) is 0 Å². The molecule has 0 fully saturated rings. The molecule has 102 valence electrons. The normalized spacial score (nSPS) is 12.6. The molecule has 1 aromatic carbocycles. The van der Waals surface area contributed by atoms with Gasteiger partial charge in [-0.1, -0.05) is 32.0 Å². The van der Waals surface area contributed by atoms with E-state index in [-0.39, 0.29) is 11.9 Å². The minimum atomic E-state index is -0.221. The third kappa shape index (κ3) is 3.24. The molecule has 2 nitrogen and oxygen atoms in total. The van der Waals surface area contributed by atoms with Gasteiger partial charge in [-0.3, -0.25) is 0 Å². The summed E-state index contributed by atoms with van der Waals surface area (Å²) in [5.74, 6) is 1.50. The second kappa shape index (κ2) is 6.53. The Morgan fingerprint density at radius 1 is 1.16 bits per heavy atom. The van der Waals surface area contributed by atoms with E-state index in [0.29, 0.717) is 5.56 Å². The highest BCUT2D eigenvalue weighted by molar-refractivity contribution is 5.28. The van der Waals surface area contributed by atoms with E-state index >= 15 is 0 Å². The van der Waals surface area contributed by atoms with Crippen molar-refractivity contribution in [2.24, 2.45) is 0 Å². The fourth-order valence-electron chi connectivity index (χ4n) is 2.10. The molecule has 3 heteroatoms. The lowest BCUT2D eigenvalue weighted by molar-refractivity contribution is 0.414. The number of aryl methyl sites for hydroxylation is 1. The maximum atomic E-state index is 14.0. The first-order valence-electron chi connectivity index (χ1n) is 6.82. The molecule has 1 heterocycles. The molecular formula is C16H20FNO. The molecule has 0 saturated carbocycles. The highest BCUT2D eigenvalue weighted by Crippen LogP contribution is 2.26. The van der Waals surface area contributed by atoms with E-state index in [1.54, 1.807) is 12.1 Å². The summed E-state index contributed by atoms with van der Waals surface area (Å²) in [6, 6.07) is 10.5. The van der Waals surface area contributed by atoms with Crippen LogP contribution in [0.5, 0.6) is 0 Å². The zero-order chi connectivity index (χ0) is 13.7. The van der Waals surface area contributed by atoms with Gasteiger partial charge >= 0.3 is 0 Å². The lowest BCUT2D eigenvalue weighted by Gasteiger charge is -2.17. The number of hydrogen-bond donors (Lipinski definition) is 1. The Kier molecular flexibility index (Phi) is 4.74. The van der Waals surface area contributed by atoms with Crippen LogP contribution < -0.4 is 5.32 Å². The van der Waals surface area contributed by atoms with Crippen LogP contribution in [0.2, 0.25) is 0 Å². The zero-order valence-electron chi connectivity index (χ0n) is 11.4. The molecule has 1 aromatic heterocycles. The first kappa shape index (κ1) is 13.8. The molecule has 0 bridgehead atoms. The van der Waals surface area contributed by atoms with Crippen molar-refractivity contribution in [2.75, 3.05) is 6.54 Å². The van der Waals surface area contributed by atoms with Crippen LogP contribution in [0.4, 0.5) is 4.39 Å². The molecule has 1 unspecified atom stereocenters. The van der Waals surface area contributed by atoms with Gasteiger partial charge in [-0.15, -0.1) is 0 Å². The Labute approximate surface area is 113 Å². The van der Waals surface area contributed by atoms with Crippen LogP contribution in [-0.2, 0) is 6.42 Å². The molecule has 19 heavy (non-hydrogen) atoms. The number of furan rings is 1. The summed E-state index contributed by atoms with van der Waals surface area (Å²) in [4.78, 5) is 0. The van der Waals surface area contributed by atoms with E-state index in [4.69, 9.17) is 4.42 Å². The van der Waals surface area contributed by atoms with Crippen molar-refractivity contribution >= 4 is 0 Å². The van der Waals surface area contributed by atoms with Gasteiger partial charge in [0, 0.05) is 12.0 Å². The maximum Gasteiger partial charge on any atom is 0.128 e. The van der Waals surface area contributed by atoms with Crippen molar-refractivity contribution in [1.82, 2.24) is 5.32 Å². The average molecular weight is 261 g/mol. The number of rotatable bonds is 6. The van der Waals surface area contributed by atoms with Gasteiger partial charge in [0.2, 0.25) is 0 Å². The predicted molar refractivity (Wildman–Crippen MR) is 74.6 cm³/mol. The van der Waals surface area contributed by atoms with Gasteiger partial charge in [-0.25, -0.2) is 4.39 Å². The van der Waals surface area contributed by atoms with Crippen LogP contribution >= 0.6 is 0 Å². The van der Waals surface area contributed by atoms with Gasteiger partial charge in [-0.05, 0) is 31.2 Å². The van der Waals surface area contributed by atoms with Gasteiger partial charge < -0.3 is 9.73 Å². The van der Waals surface area contributed by atoms with E-state index in [0.717, 1.165) is 30.9 Å². The molecule has 0 aliphatic rings. The fourth-order valence-corrected chi connectivity index (χ4v) is 2.10. The quantitative estimate of drug-likeness (QED) is 0.848. The Bertz CT molecular complexity index is 521. The Balaban J connectivity index is 2.32. The molecule has 2 rings (SSSR count). The second-order valence-electron chi connectivity index (χ2n) is 4.57.